The molecule has 9 heteroatoms. The Kier molecular flexibility index (Phi) is 6.02. The zero-order valence-corrected chi connectivity index (χ0v) is 16.2. The molecule has 0 N–H and O–H groups in total. The fourth-order valence-corrected chi connectivity index (χ4v) is 4.35. The monoisotopic (exact) mass is 431 g/mol. The third kappa shape index (κ3) is 4.93. The summed E-state index contributed by atoms with van der Waals surface area (Å²) in [5.74, 6) is -2.63. The highest BCUT2D eigenvalue weighted by atomic mass is 32.2. The molecule has 3 aromatic carbocycles. The molecule has 0 aliphatic rings. The van der Waals surface area contributed by atoms with Crippen LogP contribution in [0.25, 0.3) is 0 Å². The molecule has 0 fully saturated rings. The van der Waals surface area contributed by atoms with Crippen LogP contribution in [0.5, 0.6) is 0 Å². The van der Waals surface area contributed by atoms with Gasteiger partial charge in [0, 0.05) is 30.2 Å². The van der Waals surface area contributed by atoms with Crippen molar-refractivity contribution in [1.82, 2.24) is 0 Å². The summed E-state index contributed by atoms with van der Waals surface area (Å²) >= 11 is 0. The van der Waals surface area contributed by atoms with E-state index in [1.165, 1.54) is 12.1 Å². The highest BCUT2D eigenvalue weighted by Gasteiger charge is 2.21. The Labute approximate surface area is 170 Å². The van der Waals surface area contributed by atoms with E-state index in [4.69, 9.17) is 0 Å². The molecule has 154 valence electrons. The molecule has 0 bridgehead atoms. The first-order valence-corrected chi connectivity index (χ1v) is 10.3. The van der Waals surface area contributed by atoms with Gasteiger partial charge in [0.15, 0.2) is 15.6 Å². The van der Waals surface area contributed by atoms with Gasteiger partial charge in [0.2, 0.25) is 0 Å². The molecule has 0 heterocycles. The van der Waals surface area contributed by atoms with Crippen molar-refractivity contribution >= 4 is 21.3 Å². The van der Waals surface area contributed by atoms with E-state index in [-0.39, 0.29) is 33.7 Å². The minimum Gasteiger partial charge on any atom is -0.294 e. The number of carbonyl (C=O) groups excluding carboxylic acids is 1. The number of benzene rings is 3. The Bertz CT molecular complexity index is 1200. The Balaban J connectivity index is 1.87. The molecule has 0 amide bonds. The van der Waals surface area contributed by atoms with Crippen LogP contribution in [-0.2, 0) is 22.0 Å². The van der Waals surface area contributed by atoms with Gasteiger partial charge in [-0.2, -0.15) is 0 Å². The number of sulfone groups is 1. The summed E-state index contributed by atoms with van der Waals surface area (Å²) < 4.78 is 52.2. The largest absolute Gasteiger partial charge is 0.294 e. The second-order valence-electron chi connectivity index (χ2n) is 6.54. The number of nitrogens with zero attached hydrogens (tertiary/aromatic N) is 1. The van der Waals surface area contributed by atoms with Gasteiger partial charge in [0.05, 0.1) is 15.6 Å². The summed E-state index contributed by atoms with van der Waals surface area (Å²) in [6.07, 6.45) is -0.302. The number of non-ortho nitro benzene ring substituents is 1. The predicted molar refractivity (Wildman–Crippen MR) is 105 cm³/mol. The lowest BCUT2D eigenvalue weighted by atomic mass is 9.99. The van der Waals surface area contributed by atoms with Gasteiger partial charge in [-0.25, -0.2) is 17.2 Å². The summed E-state index contributed by atoms with van der Waals surface area (Å²) in [7, 11) is -3.89. The highest BCUT2D eigenvalue weighted by Crippen LogP contribution is 2.23. The number of Topliss-reactive ketones (excluding diaryl/α,β-unsaturated/α-hetero) is 1. The van der Waals surface area contributed by atoms with Crippen LogP contribution in [0.2, 0.25) is 0 Å². The van der Waals surface area contributed by atoms with E-state index < -0.39 is 37.9 Å². The van der Waals surface area contributed by atoms with E-state index in [0.29, 0.717) is 6.07 Å². The third-order valence-electron chi connectivity index (χ3n) is 4.36. The van der Waals surface area contributed by atoms with Gasteiger partial charge in [-0.3, -0.25) is 14.9 Å². The lowest BCUT2D eigenvalue weighted by Crippen LogP contribution is -2.12. The van der Waals surface area contributed by atoms with Crippen molar-refractivity contribution < 1.29 is 26.9 Å². The molecule has 0 saturated heterocycles. The second kappa shape index (κ2) is 8.50. The number of nitro groups is 1. The minimum absolute atomic E-state index is 0.118. The SMILES string of the molecule is O=C(Cc1cc(F)cc(F)c1)c1ccccc1CS(=O)(=O)c1ccc([N+](=O)[O-])cc1. The van der Waals surface area contributed by atoms with Gasteiger partial charge < -0.3 is 0 Å². The lowest BCUT2D eigenvalue weighted by molar-refractivity contribution is -0.384. The Hall–Kier alpha value is -3.46. The summed E-state index contributed by atoms with van der Waals surface area (Å²) in [5.41, 5.74) is 0.225. The van der Waals surface area contributed by atoms with Crippen molar-refractivity contribution in [2.75, 3.05) is 0 Å². The Morgan fingerprint density at radius 3 is 2.13 bits per heavy atom. The molecule has 3 rings (SSSR count). The van der Waals surface area contributed by atoms with E-state index in [1.807, 2.05) is 0 Å². The fraction of sp³-hybridized carbons (Fsp3) is 0.0952. The Morgan fingerprint density at radius 2 is 1.53 bits per heavy atom. The van der Waals surface area contributed by atoms with Crippen molar-refractivity contribution in [2.24, 2.45) is 0 Å². The van der Waals surface area contributed by atoms with Crippen molar-refractivity contribution in [3.05, 3.63) is 105 Å². The molecule has 0 aliphatic carbocycles. The van der Waals surface area contributed by atoms with E-state index in [2.05, 4.69) is 0 Å². The number of halogens is 2. The second-order valence-corrected chi connectivity index (χ2v) is 8.53. The van der Waals surface area contributed by atoms with Crippen LogP contribution in [0.15, 0.2) is 71.6 Å². The van der Waals surface area contributed by atoms with Crippen LogP contribution in [0.3, 0.4) is 0 Å². The number of hydrogen-bond acceptors (Lipinski definition) is 5. The molecule has 3 aromatic rings. The molecule has 30 heavy (non-hydrogen) atoms. The molecule has 0 aliphatic heterocycles. The summed E-state index contributed by atoms with van der Waals surface area (Å²) in [6, 6.07) is 13.3. The van der Waals surface area contributed by atoms with E-state index in [9.17, 15) is 32.1 Å². The Morgan fingerprint density at radius 1 is 0.933 bits per heavy atom. The zero-order chi connectivity index (χ0) is 21.9. The van der Waals surface area contributed by atoms with Crippen LogP contribution in [-0.4, -0.2) is 19.1 Å². The van der Waals surface area contributed by atoms with Crippen LogP contribution < -0.4 is 0 Å². The maximum Gasteiger partial charge on any atom is 0.269 e. The molecular weight excluding hydrogens is 416 g/mol. The first-order valence-electron chi connectivity index (χ1n) is 8.69. The van der Waals surface area contributed by atoms with E-state index in [0.717, 1.165) is 36.4 Å². The molecule has 0 radical (unpaired) electrons. The molecule has 6 nitrogen and oxygen atoms in total. The molecular formula is C21H15F2NO5S. The predicted octanol–water partition coefficient (Wildman–Crippen LogP) is 4.27. The van der Waals surface area contributed by atoms with Gasteiger partial charge in [-0.05, 0) is 35.4 Å². The number of rotatable bonds is 7. The topological polar surface area (TPSA) is 94.3 Å². The molecule has 0 aromatic heterocycles. The van der Waals surface area contributed by atoms with Crippen LogP contribution >= 0.6 is 0 Å². The number of ketones is 1. The van der Waals surface area contributed by atoms with Gasteiger partial charge in [-0.1, -0.05) is 24.3 Å². The van der Waals surface area contributed by atoms with Crippen LogP contribution in [0.1, 0.15) is 21.5 Å². The van der Waals surface area contributed by atoms with Gasteiger partial charge in [-0.15, -0.1) is 0 Å². The lowest BCUT2D eigenvalue weighted by Gasteiger charge is -2.10. The van der Waals surface area contributed by atoms with E-state index >= 15 is 0 Å². The maximum atomic E-state index is 13.4. The normalized spacial score (nSPS) is 11.3. The first kappa shape index (κ1) is 21.3. The van der Waals surface area contributed by atoms with Crippen molar-refractivity contribution in [1.29, 1.82) is 0 Å². The summed E-state index contributed by atoms with van der Waals surface area (Å²) in [5, 5.41) is 10.7. The van der Waals surface area contributed by atoms with Crippen LogP contribution in [0.4, 0.5) is 14.5 Å². The average Bonchev–Trinajstić information content (AvgIpc) is 2.67. The summed E-state index contributed by atoms with van der Waals surface area (Å²) in [6.45, 7) is 0. The molecule has 0 unspecified atom stereocenters. The molecule has 0 saturated carbocycles. The molecule has 0 atom stereocenters. The number of carbonyl (C=O) groups is 1. The quantitative estimate of drug-likeness (QED) is 0.316. The minimum atomic E-state index is -3.89. The van der Waals surface area contributed by atoms with Crippen LogP contribution in [0, 0.1) is 21.7 Å². The third-order valence-corrected chi connectivity index (χ3v) is 6.04. The fourth-order valence-electron chi connectivity index (χ4n) is 2.98. The van der Waals surface area contributed by atoms with Crippen molar-refractivity contribution in [2.45, 2.75) is 17.1 Å². The smallest absolute Gasteiger partial charge is 0.269 e. The first-order chi connectivity index (χ1) is 14.2. The van der Waals surface area contributed by atoms with Crippen molar-refractivity contribution in [3.8, 4) is 0 Å². The van der Waals surface area contributed by atoms with Gasteiger partial charge >= 0.3 is 0 Å². The zero-order valence-electron chi connectivity index (χ0n) is 15.4. The standard InChI is InChI=1S/C21H15F2NO5S/c22-16-9-14(10-17(23)12-16)11-21(25)20-4-2-1-3-15(20)13-30(28,29)19-7-5-18(6-8-19)24(26)27/h1-10,12H,11,13H2. The van der Waals surface area contributed by atoms with Gasteiger partial charge in [0.1, 0.15) is 11.6 Å². The van der Waals surface area contributed by atoms with Crippen molar-refractivity contribution in [3.63, 3.8) is 0 Å². The number of hydrogen-bond donors (Lipinski definition) is 0. The average molecular weight is 431 g/mol. The highest BCUT2D eigenvalue weighted by molar-refractivity contribution is 7.90. The number of nitro benzene ring substituents is 1. The maximum absolute atomic E-state index is 13.4. The molecule has 0 spiro atoms. The summed E-state index contributed by atoms with van der Waals surface area (Å²) in [4.78, 5) is 22.7. The van der Waals surface area contributed by atoms with Gasteiger partial charge in [0.25, 0.3) is 5.69 Å². The van der Waals surface area contributed by atoms with E-state index in [1.54, 1.807) is 12.1 Å².